The maximum atomic E-state index is 12.7. The van der Waals surface area contributed by atoms with E-state index < -0.39 is 26.5 Å². The number of phosphoric acid groups is 1. The number of unbranched alkanes of at least 4 members (excludes halogenated alkanes) is 24. The zero-order valence-corrected chi connectivity index (χ0v) is 38.0. The van der Waals surface area contributed by atoms with Crippen molar-refractivity contribution in [1.82, 2.24) is 0 Å². The Kier molecular flexibility index (Phi) is 37.9. The average molecular weight is 814 g/mol. The molecule has 0 heterocycles. The molecule has 0 aliphatic rings. The third-order valence-corrected chi connectivity index (χ3v) is 10.9. The highest BCUT2D eigenvalue weighted by Crippen LogP contribution is 2.38. The summed E-state index contributed by atoms with van der Waals surface area (Å²) in [5, 5.41) is 0. The summed E-state index contributed by atoms with van der Waals surface area (Å²) in [6.07, 6.45) is 41.9. The number of phosphoric ester groups is 1. The first-order chi connectivity index (χ1) is 27.0. The molecule has 10 heteroatoms. The van der Waals surface area contributed by atoms with Crippen molar-refractivity contribution in [2.45, 2.75) is 213 Å². The number of hydrogen-bond donors (Lipinski definition) is 0. The molecule has 0 N–H and O–H groups in total. The van der Waals surface area contributed by atoms with Crippen LogP contribution in [0.15, 0.2) is 24.3 Å². The molecule has 0 spiro atoms. The van der Waals surface area contributed by atoms with Gasteiger partial charge in [0.05, 0.1) is 27.7 Å². The zero-order valence-electron chi connectivity index (χ0n) is 37.1. The molecule has 56 heavy (non-hydrogen) atoms. The summed E-state index contributed by atoms with van der Waals surface area (Å²) in [6.45, 7) is 4.21. The Balaban J connectivity index is 4.32. The van der Waals surface area contributed by atoms with E-state index in [2.05, 4.69) is 38.2 Å². The van der Waals surface area contributed by atoms with E-state index in [4.69, 9.17) is 18.5 Å². The van der Waals surface area contributed by atoms with E-state index in [1.54, 1.807) is 0 Å². The van der Waals surface area contributed by atoms with E-state index in [1.165, 1.54) is 128 Å². The van der Waals surface area contributed by atoms with Crippen LogP contribution in [-0.4, -0.2) is 70.0 Å². The second-order valence-corrected chi connectivity index (χ2v) is 18.2. The van der Waals surface area contributed by atoms with Gasteiger partial charge in [0.25, 0.3) is 7.82 Å². The number of rotatable bonds is 42. The smallest absolute Gasteiger partial charge is 0.306 e. The molecule has 9 nitrogen and oxygen atoms in total. The molecule has 0 aliphatic carbocycles. The predicted octanol–water partition coefficient (Wildman–Crippen LogP) is 12.5. The Bertz CT molecular complexity index is 1010. The highest BCUT2D eigenvalue weighted by molar-refractivity contribution is 7.45. The highest BCUT2D eigenvalue weighted by atomic mass is 31.2. The van der Waals surface area contributed by atoms with Gasteiger partial charge in [-0.2, -0.15) is 0 Å². The van der Waals surface area contributed by atoms with Crippen LogP contribution < -0.4 is 4.89 Å². The molecule has 1 unspecified atom stereocenters. The molecular formula is C46H88NO8P. The van der Waals surface area contributed by atoms with Gasteiger partial charge in [-0.3, -0.25) is 14.2 Å². The number of carbonyl (C=O) groups excluding carboxylic acids is 2. The van der Waals surface area contributed by atoms with Crippen LogP contribution >= 0.6 is 7.82 Å². The number of nitrogens with zero attached hydrogens (tertiary/aromatic N) is 1. The van der Waals surface area contributed by atoms with E-state index in [1.807, 2.05) is 21.1 Å². The molecule has 0 amide bonds. The van der Waals surface area contributed by atoms with Gasteiger partial charge in [0.2, 0.25) is 0 Å². The lowest BCUT2D eigenvalue weighted by Crippen LogP contribution is -2.37. The van der Waals surface area contributed by atoms with Gasteiger partial charge in [0, 0.05) is 12.8 Å². The topological polar surface area (TPSA) is 111 Å². The lowest BCUT2D eigenvalue weighted by Gasteiger charge is -2.28. The first kappa shape index (κ1) is 54.5. The fourth-order valence-electron chi connectivity index (χ4n) is 6.29. The second kappa shape index (κ2) is 39.0. The maximum absolute atomic E-state index is 12.7. The van der Waals surface area contributed by atoms with E-state index in [0.29, 0.717) is 17.4 Å². The Labute approximate surface area is 345 Å². The van der Waals surface area contributed by atoms with Gasteiger partial charge in [0.15, 0.2) is 6.10 Å². The van der Waals surface area contributed by atoms with Gasteiger partial charge in [-0.05, 0) is 64.2 Å². The first-order valence-corrected chi connectivity index (χ1v) is 24.5. The van der Waals surface area contributed by atoms with Crippen molar-refractivity contribution < 1.29 is 42.1 Å². The van der Waals surface area contributed by atoms with Gasteiger partial charge in [-0.15, -0.1) is 0 Å². The Hall–Kier alpha value is -1.51. The van der Waals surface area contributed by atoms with Crippen molar-refractivity contribution in [1.29, 1.82) is 0 Å². The third-order valence-electron chi connectivity index (χ3n) is 9.94. The quantitative estimate of drug-likeness (QED) is 0.0197. The van der Waals surface area contributed by atoms with Crippen LogP contribution in [0.5, 0.6) is 0 Å². The molecule has 0 aliphatic heterocycles. The van der Waals surface area contributed by atoms with Crippen LogP contribution in [0, 0.1) is 0 Å². The molecule has 330 valence electrons. The van der Waals surface area contributed by atoms with Crippen molar-refractivity contribution >= 4 is 19.8 Å². The van der Waals surface area contributed by atoms with Crippen LogP contribution in [0.1, 0.15) is 206 Å². The average Bonchev–Trinajstić information content (AvgIpc) is 3.15. The number of quaternary nitrogens is 1. The fourth-order valence-corrected chi connectivity index (χ4v) is 7.02. The Morgan fingerprint density at radius 2 is 0.911 bits per heavy atom. The zero-order chi connectivity index (χ0) is 41.4. The predicted molar refractivity (Wildman–Crippen MR) is 231 cm³/mol. The minimum absolute atomic E-state index is 0.0306. The number of hydrogen-bond acceptors (Lipinski definition) is 8. The van der Waals surface area contributed by atoms with Crippen LogP contribution in [0.2, 0.25) is 0 Å². The molecule has 0 radical (unpaired) electrons. The summed E-state index contributed by atoms with van der Waals surface area (Å²) in [4.78, 5) is 37.6. The van der Waals surface area contributed by atoms with E-state index in [0.717, 1.165) is 44.9 Å². The van der Waals surface area contributed by atoms with Crippen molar-refractivity contribution in [3.63, 3.8) is 0 Å². The normalized spacial score (nSPS) is 13.8. The van der Waals surface area contributed by atoms with Gasteiger partial charge in [-0.1, -0.05) is 154 Å². The van der Waals surface area contributed by atoms with Gasteiger partial charge in [-0.25, -0.2) is 0 Å². The fraction of sp³-hybridized carbons (Fsp3) is 0.870. The SMILES string of the molecule is CCCCCC/C=C/CCCCCCCCCCCC(=O)OC[C@H](COP(=O)([O-])OCC[N+](C)(C)C)OC(=O)CCCCCCCCC/C=C/CCCCCC. The lowest BCUT2D eigenvalue weighted by molar-refractivity contribution is -0.870. The first-order valence-electron chi connectivity index (χ1n) is 23.0. The summed E-state index contributed by atoms with van der Waals surface area (Å²) in [5.41, 5.74) is 0. The maximum Gasteiger partial charge on any atom is 0.306 e. The molecule has 0 aromatic heterocycles. The number of carbonyl (C=O) groups is 2. The summed E-state index contributed by atoms with van der Waals surface area (Å²) in [5.74, 6) is -0.836. The molecule has 0 bridgehead atoms. The minimum atomic E-state index is -4.62. The highest BCUT2D eigenvalue weighted by Gasteiger charge is 2.21. The third kappa shape index (κ3) is 42.1. The van der Waals surface area contributed by atoms with Crippen LogP contribution in [0.25, 0.3) is 0 Å². The molecule has 0 aromatic carbocycles. The number of esters is 2. The van der Waals surface area contributed by atoms with E-state index in [-0.39, 0.29) is 32.0 Å². The van der Waals surface area contributed by atoms with Crippen LogP contribution in [-0.2, 0) is 32.7 Å². The molecular weight excluding hydrogens is 725 g/mol. The monoisotopic (exact) mass is 814 g/mol. The summed E-state index contributed by atoms with van der Waals surface area (Å²) in [6, 6.07) is 0. The summed E-state index contributed by atoms with van der Waals surface area (Å²) >= 11 is 0. The Morgan fingerprint density at radius 3 is 1.32 bits per heavy atom. The molecule has 0 saturated heterocycles. The number of likely N-dealkylation sites (N-methyl/N-ethyl adjacent to an activating group) is 1. The number of ether oxygens (including phenoxy) is 2. The van der Waals surface area contributed by atoms with E-state index in [9.17, 15) is 19.0 Å². The summed E-state index contributed by atoms with van der Waals surface area (Å²) < 4.78 is 33.9. The minimum Gasteiger partial charge on any atom is -0.756 e. The van der Waals surface area contributed by atoms with Crippen LogP contribution in [0.4, 0.5) is 0 Å². The van der Waals surface area contributed by atoms with Gasteiger partial charge < -0.3 is 27.9 Å². The lowest BCUT2D eigenvalue weighted by atomic mass is 10.1. The largest absolute Gasteiger partial charge is 0.756 e. The van der Waals surface area contributed by atoms with Gasteiger partial charge >= 0.3 is 11.9 Å². The molecule has 0 aromatic rings. The molecule has 2 atom stereocenters. The molecule has 0 saturated carbocycles. The second-order valence-electron chi connectivity index (χ2n) is 16.8. The summed E-state index contributed by atoms with van der Waals surface area (Å²) in [7, 11) is 1.17. The van der Waals surface area contributed by atoms with E-state index >= 15 is 0 Å². The van der Waals surface area contributed by atoms with Crippen molar-refractivity contribution in [3.8, 4) is 0 Å². The van der Waals surface area contributed by atoms with Crippen molar-refractivity contribution in [3.05, 3.63) is 24.3 Å². The molecule has 0 rings (SSSR count). The standard InChI is InChI=1S/C46H88NO8P/c1-6-8-10-12-14-16-18-20-22-23-25-26-28-30-32-34-36-38-45(48)52-42-44(43-54-56(50,51)53-41-40-47(3,4)5)55-46(49)39-37-35-33-31-29-27-24-21-19-17-15-13-11-9-7-2/h16-19,44H,6-15,20-43H2,1-5H3/b18-16+,19-17+/t44-/m1/s1. The molecule has 0 fully saturated rings. The van der Waals surface area contributed by atoms with Gasteiger partial charge in [0.1, 0.15) is 19.8 Å². The van der Waals surface area contributed by atoms with Crippen molar-refractivity contribution in [2.24, 2.45) is 0 Å². The van der Waals surface area contributed by atoms with Crippen LogP contribution in [0.3, 0.4) is 0 Å². The Morgan fingerprint density at radius 1 is 0.536 bits per heavy atom. The number of allylic oxidation sites excluding steroid dienone is 4. The van der Waals surface area contributed by atoms with Crippen molar-refractivity contribution in [2.75, 3.05) is 47.5 Å².